The molecule has 1 unspecified atom stereocenters. The number of aliphatic imine (C=N–C) groups is 1. The van der Waals surface area contributed by atoms with Gasteiger partial charge in [0.25, 0.3) is 0 Å². The van der Waals surface area contributed by atoms with E-state index in [-0.39, 0.29) is 36.1 Å². The van der Waals surface area contributed by atoms with Crippen LogP contribution in [-0.2, 0) is 21.8 Å². The minimum atomic E-state index is -4.78. The second kappa shape index (κ2) is 15.7. The highest BCUT2D eigenvalue weighted by Gasteiger charge is 2.37. The van der Waals surface area contributed by atoms with Crippen molar-refractivity contribution >= 4 is 24.2 Å². The fraction of sp³-hybridized carbons (Fsp3) is 0.444. The van der Waals surface area contributed by atoms with E-state index in [4.69, 9.17) is 18.6 Å². The van der Waals surface area contributed by atoms with E-state index in [1.807, 2.05) is 0 Å². The van der Waals surface area contributed by atoms with Crippen LogP contribution < -0.4 is 10.1 Å². The Morgan fingerprint density at radius 3 is 2.25 bits per heavy atom. The zero-order chi connectivity index (χ0) is 38.5. The number of benzene rings is 2. The fourth-order valence-electron chi connectivity index (χ4n) is 5.06. The number of nitrogens with zero attached hydrogens (tertiary/aromatic N) is 3. The Hall–Kier alpha value is -5.02. The highest BCUT2D eigenvalue weighted by Crippen LogP contribution is 2.40. The molecule has 0 bridgehead atoms. The molecule has 52 heavy (non-hydrogen) atoms. The van der Waals surface area contributed by atoms with E-state index in [1.165, 1.54) is 30.5 Å². The largest absolute Gasteiger partial charge is 0.493 e. The van der Waals surface area contributed by atoms with Crippen molar-refractivity contribution in [2.75, 3.05) is 13.2 Å². The molecule has 1 N–H and O–H groups in total. The molecule has 1 aliphatic heterocycles. The normalized spacial score (nSPS) is 16.0. The van der Waals surface area contributed by atoms with Crippen molar-refractivity contribution in [3.05, 3.63) is 77.4 Å². The van der Waals surface area contributed by atoms with Crippen LogP contribution in [0.4, 0.5) is 35.9 Å². The van der Waals surface area contributed by atoms with Crippen molar-refractivity contribution in [2.45, 2.75) is 90.4 Å². The van der Waals surface area contributed by atoms with Gasteiger partial charge in [-0.25, -0.2) is 14.6 Å². The number of aromatic nitrogens is 1. The number of hydrogen-bond donors (Lipinski definition) is 1. The van der Waals surface area contributed by atoms with Crippen molar-refractivity contribution in [3.8, 4) is 17.0 Å². The number of alkyl halides is 6. The van der Waals surface area contributed by atoms with Gasteiger partial charge in [0.1, 0.15) is 35.0 Å². The number of carbonyl (C=O) groups excluding carboxylic acids is 2. The zero-order valence-corrected chi connectivity index (χ0v) is 29.4. The average molecular weight is 739 g/mol. The number of likely N-dealkylation sites (tertiary alicyclic amines) is 1. The summed E-state index contributed by atoms with van der Waals surface area (Å²) in [4.78, 5) is 35.4. The maximum atomic E-state index is 14.1. The number of alkyl carbamates (subject to hydrolysis) is 1. The predicted octanol–water partition coefficient (Wildman–Crippen LogP) is 9.81. The van der Waals surface area contributed by atoms with Crippen LogP contribution in [0.3, 0.4) is 0 Å². The van der Waals surface area contributed by atoms with Crippen LogP contribution >= 0.6 is 0 Å². The minimum Gasteiger partial charge on any atom is -0.493 e. The molecule has 10 nitrogen and oxygen atoms in total. The molecular formula is C36H40F6N4O6. The standard InChI is InChI=1S/C36H40F6N4O6/c1-33(2,3)51-31(47)44-30(45-32(48)52-34(4,5)6)46-18-9-11-27(46)29-43-26(21-50-29)23-14-17-28(25(20-23)36(40,41)42)49-19-8-7-10-22-12-15-24(16-13-22)35(37,38)39/h7,10,12-17,20-21,27H,8-9,11,18-19H2,1-6H3,(H,44,45,47,48)/b10-7+. The number of hydrogen-bond acceptors (Lipinski definition) is 7. The van der Waals surface area contributed by atoms with Crippen LogP contribution in [0.2, 0.25) is 0 Å². The smallest absolute Gasteiger partial charge is 0.437 e. The van der Waals surface area contributed by atoms with E-state index >= 15 is 0 Å². The van der Waals surface area contributed by atoms with E-state index in [0.717, 1.165) is 18.2 Å². The number of carbonyl (C=O) groups is 2. The van der Waals surface area contributed by atoms with Gasteiger partial charge in [-0.05, 0) is 96.7 Å². The summed E-state index contributed by atoms with van der Waals surface area (Å²) in [5.74, 6) is -0.467. The van der Waals surface area contributed by atoms with Gasteiger partial charge in [-0.1, -0.05) is 24.3 Å². The fourth-order valence-corrected chi connectivity index (χ4v) is 5.06. The van der Waals surface area contributed by atoms with Crippen LogP contribution in [-0.4, -0.2) is 52.4 Å². The Morgan fingerprint density at radius 1 is 0.962 bits per heavy atom. The van der Waals surface area contributed by atoms with Crippen molar-refractivity contribution in [1.82, 2.24) is 15.2 Å². The molecule has 3 aromatic rings. The van der Waals surface area contributed by atoms with E-state index < -0.39 is 58.7 Å². The summed E-state index contributed by atoms with van der Waals surface area (Å²) in [5, 5.41) is 2.50. The van der Waals surface area contributed by atoms with Gasteiger partial charge >= 0.3 is 24.5 Å². The second-order valence-electron chi connectivity index (χ2n) is 13.8. The number of guanidine groups is 1. The van der Waals surface area contributed by atoms with Crippen molar-refractivity contribution in [3.63, 3.8) is 0 Å². The molecule has 2 amide bonds. The minimum absolute atomic E-state index is 0.0935. The molecular weight excluding hydrogens is 698 g/mol. The first-order valence-electron chi connectivity index (χ1n) is 16.3. The molecule has 0 spiro atoms. The third-order valence-electron chi connectivity index (χ3n) is 7.21. The van der Waals surface area contributed by atoms with Gasteiger partial charge in [-0.2, -0.15) is 26.3 Å². The Labute approximate surface area is 296 Å². The Bertz CT molecular complexity index is 1770. The SMILES string of the molecule is CC(C)(C)OC(=O)N=C(NC(=O)OC(C)(C)C)N1CCCC1c1nc(-c2ccc(OCC/C=C/c3ccc(C(F)(F)F)cc3)c(C(F)(F)F)c2)co1. The molecule has 0 aliphatic carbocycles. The van der Waals surface area contributed by atoms with Gasteiger partial charge < -0.3 is 23.5 Å². The van der Waals surface area contributed by atoms with Gasteiger partial charge in [-0.3, -0.25) is 5.32 Å². The Balaban J connectivity index is 1.50. The van der Waals surface area contributed by atoms with E-state index in [0.29, 0.717) is 24.9 Å². The van der Waals surface area contributed by atoms with Crippen molar-refractivity contribution in [2.24, 2.45) is 4.99 Å². The lowest BCUT2D eigenvalue weighted by atomic mass is 10.1. The summed E-state index contributed by atoms with van der Waals surface area (Å²) in [6, 6.07) is 7.27. The highest BCUT2D eigenvalue weighted by atomic mass is 19.4. The molecule has 1 aromatic heterocycles. The van der Waals surface area contributed by atoms with E-state index in [9.17, 15) is 35.9 Å². The van der Waals surface area contributed by atoms with Gasteiger partial charge in [-0.15, -0.1) is 4.99 Å². The van der Waals surface area contributed by atoms with Crippen LogP contribution in [0.5, 0.6) is 5.75 Å². The highest BCUT2D eigenvalue weighted by molar-refractivity contribution is 5.99. The summed E-state index contributed by atoms with van der Waals surface area (Å²) in [6.07, 6.45) is -5.51. The number of nitrogens with one attached hydrogen (secondary N) is 1. The molecule has 16 heteroatoms. The lowest BCUT2D eigenvalue weighted by molar-refractivity contribution is -0.139. The predicted molar refractivity (Wildman–Crippen MR) is 179 cm³/mol. The number of ether oxygens (including phenoxy) is 3. The first-order valence-corrected chi connectivity index (χ1v) is 16.3. The van der Waals surface area contributed by atoms with Crippen LogP contribution in [0, 0.1) is 0 Å². The summed E-state index contributed by atoms with van der Waals surface area (Å²) in [7, 11) is 0. The lowest BCUT2D eigenvalue weighted by Gasteiger charge is -2.27. The summed E-state index contributed by atoms with van der Waals surface area (Å²) >= 11 is 0. The molecule has 1 aliphatic rings. The molecule has 282 valence electrons. The van der Waals surface area contributed by atoms with Gasteiger partial charge in [0.15, 0.2) is 0 Å². The van der Waals surface area contributed by atoms with E-state index in [2.05, 4.69) is 15.3 Å². The molecule has 1 saturated heterocycles. The topological polar surface area (TPSA) is 115 Å². The van der Waals surface area contributed by atoms with Crippen molar-refractivity contribution < 1.29 is 54.6 Å². The second-order valence-corrected chi connectivity index (χ2v) is 13.8. The third-order valence-corrected chi connectivity index (χ3v) is 7.21. The number of amides is 2. The lowest BCUT2D eigenvalue weighted by Crippen LogP contribution is -2.46. The molecule has 2 aromatic carbocycles. The van der Waals surface area contributed by atoms with Gasteiger partial charge in [0.2, 0.25) is 11.9 Å². The monoisotopic (exact) mass is 738 g/mol. The van der Waals surface area contributed by atoms with Gasteiger partial charge in [0.05, 0.1) is 17.7 Å². The number of halogens is 6. The van der Waals surface area contributed by atoms with Gasteiger partial charge in [0, 0.05) is 12.1 Å². The molecule has 0 saturated carbocycles. The Morgan fingerprint density at radius 2 is 1.63 bits per heavy atom. The quantitative estimate of drug-likeness (QED) is 0.110. The third kappa shape index (κ3) is 11.5. The molecule has 1 fully saturated rings. The van der Waals surface area contributed by atoms with Crippen molar-refractivity contribution in [1.29, 1.82) is 0 Å². The number of oxazole rings is 1. The molecule has 2 heterocycles. The molecule has 4 rings (SSSR count). The average Bonchev–Trinajstić information content (AvgIpc) is 3.68. The van der Waals surface area contributed by atoms with Crippen LogP contribution in [0.15, 0.2) is 64.2 Å². The maximum Gasteiger partial charge on any atom is 0.437 e. The van der Waals surface area contributed by atoms with E-state index in [1.54, 1.807) is 58.6 Å². The summed E-state index contributed by atoms with van der Waals surface area (Å²) in [6.45, 7) is 10.2. The summed E-state index contributed by atoms with van der Waals surface area (Å²) in [5.41, 5.74) is -2.87. The zero-order valence-electron chi connectivity index (χ0n) is 29.4. The summed E-state index contributed by atoms with van der Waals surface area (Å²) < 4.78 is 103. The number of rotatable bonds is 7. The first-order chi connectivity index (χ1) is 24.1. The molecule has 1 atom stereocenters. The van der Waals surface area contributed by atoms with Crippen LogP contribution in [0.25, 0.3) is 17.3 Å². The molecule has 0 radical (unpaired) electrons. The maximum absolute atomic E-state index is 14.1. The first kappa shape index (κ1) is 39.8. The Kier molecular flexibility index (Phi) is 12.0. The van der Waals surface area contributed by atoms with Crippen LogP contribution in [0.1, 0.15) is 89.4 Å².